The Hall–Kier alpha value is -3.78. The zero-order valence-corrected chi connectivity index (χ0v) is 18.6. The summed E-state index contributed by atoms with van der Waals surface area (Å²) in [6.45, 7) is 5.62. The zero-order chi connectivity index (χ0) is 23.0. The molecule has 4 rings (SSSR count). The lowest BCUT2D eigenvalue weighted by Crippen LogP contribution is -2.17. The van der Waals surface area contributed by atoms with Crippen LogP contribution in [-0.2, 0) is 0 Å². The topological polar surface area (TPSA) is 90.0 Å². The molecule has 0 fully saturated rings. The number of nitrogens with one attached hydrogen (secondary N) is 1. The van der Waals surface area contributed by atoms with Crippen molar-refractivity contribution in [2.75, 3.05) is 5.32 Å². The highest BCUT2D eigenvalue weighted by molar-refractivity contribution is 7.16. The van der Waals surface area contributed by atoms with Crippen molar-refractivity contribution in [1.29, 1.82) is 0 Å². The highest BCUT2D eigenvalue weighted by atomic mass is 32.1. The minimum atomic E-state index is -0.594. The van der Waals surface area contributed by atoms with Crippen LogP contribution in [0.4, 0.5) is 9.39 Å². The summed E-state index contributed by atoms with van der Waals surface area (Å²) in [5.41, 5.74) is 9.79. The molecule has 2 aromatic carbocycles. The fraction of sp³-hybridized carbons (Fsp3) is 0.125. The van der Waals surface area contributed by atoms with E-state index in [1.54, 1.807) is 25.3 Å². The normalized spacial score (nSPS) is 10.9. The molecule has 0 aliphatic carbocycles. The molecule has 0 aliphatic rings. The molecule has 2 aromatic heterocycles. The molecule has 2 amide bonds. The van der Waals surface area contributed by atoms with Gasteiger partial charge in [0, 0.05) is 16.6 Å². The maximum absolute atomic E-state index is 13.4. The number of carbonyl (C=O) groups is 2. The summed E-state index contributed by atoms with van der Waals surface area (Å²) in [5.74, 6) is -1.37. The second kappa shape index (κ2) is 8.39. The predicted octanol–water partition coefficient (Wildman–Crippen LogP) is 5.02. The van der Waals surface area contributed by atoms with Gasteiger partial charge in [-0.1, -0.05) is 23.8 Å². The van der Waals surface area contributed by atoms with Gasteiger partial charge < -0.3 is 11.1 Å². The van der Waals surface area contributed by atoms with Gasteiger partial charge in [-0.05, 0) is 56.7 Å². The van der Waals surface area contributed by atoms with Crippen LogP contribution in [0.2, 0.25) is 0 Å². The van der Waals surface area contributed by atoms with Crippen LogP contribution in [0, 0.1) is 26.6 Å². The summed E-state index contributed by atoms with van der Waals surface area (Å²) in [6.07, 6.45) is 1.59. The van der Waals surface area contributed by atoms with E-state index < -0.39 is 11.8 Å². The van der Waals surface area contributed by atoms with Crippen molar-refractivity contribution in [3.8, 4) is 16.9 Å². The molecule has 0 spiro atoms. The number of thiophene rings is 1. The predicted molar refractivity (Wildman–Crippen MR) is 124 cm³/mol. The Balaban J connectivity index is 1.80. The van der Waals surface area contributed by atoms with Crippen LogP contribution in [0.1, 0.15) is 36.7 Å². The Kier molecular flexibility index (Phi) is 5.63. The van der Waals surface area contributed by atoms with Crippen molar-refractivity contribution in [2.45, 2.75) is 20.8 Å². The summed E-state index contributed by atoms with van der Waals surface area (Å²) in [6, 6.07) is 13.5. The summed E-state index contributed by atoms with van der Waals surface area (Å²) in [5, 5.41) is 7.85. The van der Waals surface area contributed by atoms with Crippen LogP contribution >= 0.6 is 11.3 Å². The van der Waals surface area contributed by atoms with E-state index in [1.807, 2.05) is 38.1 Å². The SMILES string of the molecule is Cc1cccc(-c2nn(-c3ccc(F)cc3)cc2C(=O)Nc2sc(C)c(C)c2C(N)=O)c1. The first kappa shape index (κ1) is 21.5. The van der Waals surface area contributed by atoms with E-state index in [-0.39, 0.29) is 5.82 Å². The number of aromatic nitrogens is 2. The summed E-state index contributed by atoms with van der Waals surface area (Å²) >= 11 is 1.30. The van der Waals surface area contributed by atoms with Gasteiger partial charge >= 0.3 is 0 Å². The Morgan fingerprint density at radius 2 is 1.81 bits per heavy atom. The average Bonchev–Trinajstić information content (AvgIpc) is 3.30. The van der Waals surface area contributed by atoms with Gasteiger partial charge in [0.05, 0.1) is 16.8 Å². The van der Waals surface area contributed by atoms with Crippen molar-refractivity contribution < 1.29 is 14.0 Å². The van der Waals surface area contributed by atoms with E-state index in [4.69, 9.17) is 5.73 Å². The first-order chi connectivity index (χ1) is 15.2. The van der Waals surface area contributed by atoms with Crippen LogP contribution < -0.4 is 11.1 Å². The highest BCUT2D eigenvalue weighted by Gasteiger charge is 2.23. The average molecular weight is 449 g/mol. The number of nitrogens with zero attached hydrogens (tertiary/aromatic N) is 2. The molecule has 0 bridgehead atoms. The first-order valence-electron chi connectivity index (χ1n) is 9.88. The first-order valence-corrected chi connectivity index (χ1v) is 10.7. The smallest absolute Gasteiger partial charge is 0.260 e. The molecule has 0 saturated carbocycles. The monoisotopic (exact) mass is 448 g/mol. The molecule has 0 atom stereocenters. The van der Waals surface area contributed by atoms with Crippen LogP contribution in [0.25, 0.3) is 16.9 Å². The number of halogens is 1. The fourth-order valence-corrected chi connectivity index (χ4v) is 4.51. The number of rotatable bonds is 5. The molecule has 6 nitrogen and oxygen atoms in total. The van der Waals surface area contributed by atoms with E-state index in [1.165, 1.54) is 28.2 Å². The largest absolute Gasteiger partial charge is 0.365 e. The molecule has 162 valence electrons. The molecule has 0 radical (unpaired) electrons. The number of carbonyl (C=O) groups excluding carboxylic acids is 2. The van der Waals surface area contributed by atoms with E-state index in [2.05, 4.69) is 10.4 Å². The minimum Gasteiger partial charge on any atom is -0.365 e. The fourth-order valence-electron chi connectivity index (χ4n) is 3.45. The van der Waals surface area contributed by atoms with Gasteiger partial charge in [-0.3, -0.25) is 9.59 Å². The number of nitrogens with two attached hydrogens (primary N) is 1. The lowest BCUT2D eigenvalue weighted by molar-refractivity contribution is 0.100. The summed E-state index contributed by atoms with van der Waals surface area (Å²) in [7, 11) is 0. The molecule has 0 unspecified atom stereocenters. The Bertz CT molecular complexity index is 1340. The maximum Gasteiger partial charge on any atom is 0.260 e. The second-order valence-electron chi connectivity index (χ2n) is 7.49. The number of primary amides is 1. The van der Waals surface area contributed by atoms with Crippen molar-refractivity contribution >= 4 is 28.2 Å². The Morgan fingerprint density at radius 3 is 2.47 bits per heavy atom. The van der Waals surface area contributed by atoms with Crippen LogP contribution in [-0.4, -0.2) is 21.6 Å². The zero-order valence-electron chi connectivity index (χ0n) is 17.8. The number of anilines is 1. The van der Waals surface area contributed by atoms with Crippen molar-refractivity contribution in [2.24, 2.45) is 5.73 Å². The van der Waals surface area contributed by atoms with Crippen LogP contribution in [0.3, 0.4) is 0 Å². The third kappa shape index (κ3) is 4.04. The maximum atomic E-state index is 13.4. The number of hydrogen-bond donors (Lipinski definition) is 2. The van der Waals surface area contributed by atoms with Gasteiger partial charge in [0.1, 0.15) is 16.5 Å². The quantitative estimate of drug-likeness (QED) is 0.449. The Morgan fingerprint density at radius 1 is 1.09 bits per heavy atom. The van der Waals surface area contributed by atoms with E-state index in [9.17, 15) is 14.0 Å². The van der Waals surface area contributed by atoms with Gasteiger partial charge in [0.15, 0.2) is 0 Å². The van der Waals surface area contributed by atoms with Crippen LogP contribution in [0.15, 0.2) is 54.7 Å². The summed E-state index contributed by atoms with van der Waals surface area (Å²) in [4.78, 5) is 26.2. The number of aryl methyl sites for hydroxylation is 2. The molecule has 0 aliphatic heterocycles. The second-order valence-corrected chi connectivity index (χ2v) is 8.71. The third-order valence-corrected chi connectivity index (χ3v) is 6.32. The van der Waals surface area contributed by atoms with E-state index >= 15 is 0 Å². The molecule has 8 heteroatoms. The van der Waals surface area contributed by atoms with Gasteiger partial charge in [-0.25, -0.2) is 9.07 Å². The van der Waals surface area contributed by atoms with Crippen molar-refractivity contribution in [3.63, 3.8) is 0 Å². The van der Waals surface area contributed by atoms with Gasteiger partial charge in [0.25, 0.3) is 11.8 Å². The Labute approximate surface area is 188 Å². The van der Waals surface area contributed by atoms with Gasteiger partial charge in [-0.2, -0.15) is 5.10 Å². The standard InChI is InChI=1S/C24H21FN4O2S/c1-13-5-4-6-16(11-13)21-19(12-29(28-21)18-9-7-17(25)8-10-18)23(31)27-24-20(22(26)30)14(2)15(3)32-24/h4-12H,1-3H3,(H2,26,30)(H,27,31). The molecule has 0 saturated heterocycles. The summed E-state index contributed by atoms with van der Waals surface area (Å²) < 4.78 is 14.9. The highest BCUT2D eigenvalue weighted by Crippen LogP contribution is 2.33. The molecule has 3 N–H and O–H groups in total. The molecule has 2 heterocycles. The molecule has 32 heavy (non-hydrogen) atoms. The molecular formula is C24H21FN4O2S. The number of amides is 2. The van der Waals surface area contributed by atoms with E-state index in [0.717, 1.165) is 21.6 Å². The van der Waals surface area contributed by atoms with Crippen molar-refractivity contribution in [1.82, 2.24) is 9.78 Å². The lowest BCUT2D eigenvalue weighted by atomic mass is 10.1. The minimum absolute atomic E-state index is 0.309. The number of benzene rings is 2. The lowest BCUT2D eigenvalue weighted by Gasteiger charge is -2.06. The van der Waals surface area contributed by atoms with Crippen molar-refractivity contribution in [3.05, 3.63) is 87.7 Å². The van der Waals surface area contributed by atoms with Gasteiger partial charge in [0.2, 0.25) is 0 Å². The van der Waals surface area contributed by atoms with Gasteiger partial charge in [-0.15, -0.1) is 11.3 Å². The third-order valence-electron chi connectivity index (χ3n) is 5.20. The van der Waals surface area contributed by atoms with E-state index in [0.29, 0.717) is 27.5 Å². The van der Waals surface area contributed by atoms with Crippen LogP contribution in [0.5, 0.6) is 0 Å². The molecular weight excluding hydrogens is 427 g/mol. The molecule has 4 aromatic rings. The number of hydrogen-bond acceptors (Lipinski definition) is 4.